The number of sulfonamides is 1. The van der Waals surface area contributed by atoms with Gasteiger partial charge in [-0.25, -0.2) is 18.5 Å². The monoisotopic (exact) mass is 573 g/mol. The van der Waals surface area contributed by atoms with Gasteiger partial charge in [0.25, 0.3) is 15.9 Å². The first-order chi connectivity index (χ1) is 19.7. The van der Waals surface area contributed by atoms with Crippen LogP contribution in [0.3, 0.4) is 0 Å². The number of amides is 1. The number of aromatic nitrogens is 1. The lowest BCUT2D eigenvalue weighted by atomic mass is 9.98. The van der Waals surface area contributed by atoms with Crippen molar-refractivity contribution in [1.29, 1.82) is 5.26 Å². The van der Waals surface area contributed by atoms with Crippen LogP contribution < -0.4 is 20.3 Å². The number of para-hydroxylation sites is 1. The summed E-state index contributed by atoms with van der Waals surface area (Å²) in [5.74, 6) is -0.0361. The molecule has 0 saturated carbocycles. The number of carbonyl (C=O) groups is 1. The second kappa shape index (κ2) is 11.8. The SMILES string of the molecule is Cc1ccc(C(=O)N2CCN(c3cccnc3S(N)(=O)=O)CC2)c(C)c1NC1CCN(c2ccccc2C#N)CC1. The first-order valence-electron chi connectivity index (χ1n) is 13.8. The van der Waals surface area contributed by atoms with Gasteiger partial charge in [0, 0.05) is 62.8 Å². The van der Waals surface area contributed by atoms with Crippen LogP contribution >= 0.6 is 0 Å². The molecule has 1 aromatic heterocycles. The van der Waals surface area contributed by atoms with Gasteiger partial charge in [0.05, 0.1) is 16.9 Å². The van der Waals surface area contributed by atoms with Gasteiger partial charge in [-0.15, -0.1) is 0 Å². The van der Waals surface area contributed by atoms with Crippen molar-refractivity contribution >= 4 is 33.0 Å². The van der Waals surface area contributed by atoms with Crippen LogP contribution in [-0.2, 0) is 10.0 Å². The highest BCUT2D eigenvalue weighted by atomic mass is 32.2. The fourth-order valence-electron chi connectivity index (χ4n) is 5.78. The molecule has 2 aliphatic heterocycles. The van der Waals surface area contributed by atoms with E-state index in [2.05, 4.69) is 28.2 Å². The van der Waals surface area contributed by atoms with Gasteiger partial charge >= 0.3 is 0 Å². The van der Waals surface area contributed by atoms with Crippen LogP contribution in [-0.4, -0.2) is 69.5 Å². The molecular formula is C30H35N7O3S. The Hall–Kier alpha value is -4.14. The van der Waals surface area contributed by atoms with Crippen LogP contribution in [0.15, 0.2) is 59.8 Å². The topological polar surface area (TPSA) is 136 Å². The summed E-state index contributed by atoms with van der Waals surface area (Å²) < 4.78 is 24.0. The summed E-state index contributed by atoms with van der Waals surface area (Å²) >= 11 is 0. The molecule has 2 saturated heterocycles. The van der Waals surface area contributed by atoms with Crippen LogP contribution in [0.1, 0.15) is 39.9 Å². The Labute approximate surface area is 241 Å². The maximum absolute atomic E-state index is 13.6. The molecule has 3 N–H and O–H groups in total. The molecule has 0 unspecified atom stereocenters. The van der Waals surface area contributed by atoms with E-state index in [-0.39, 0.29) is 17.0 Å². The van der Waals surface area contributed by atoms with E-state index in [1.165, 1.54) is 6.20 Å². The van der Waals surface area contributed by atoms with Crippen molar-refractivity contribution in [3.05, 3.63) is 77.0 Å². The number of piperidine rings is 1. The Bertz CT molecular complexity index is 1590. The Balaban J connectivity index is 1.24. The number of piperazine rings is 1. The van der Waals surface area contributed by atoms with E-state index in [1.54, 1.807) is 12.1 Å². The standard InChI is InChI=1S/C30H35N7O3S/c1-21-9-10-25(30(38)37-18-16-36(17-19-37)27-8-5-13-33-29(27)41(32,39)40)22(2)28(21)34-24-11-14-35(15-12-24)26-7-4-3-6-23(26)20-31/h3-10,13,24,34H,11-12,14-19H2,1-2H3,(H2,32,39,40). The van der Waals surface area contributed by atoms with E-state index in [0.717, 1.165) is 48.4 Å². The molecule has 0 atom stereocenters. The summed E-state index contributed by atoms with van der Waals surface area (Å²) in [6.45, 7) is 7.60. The summed E-state index contributed by atoms with van der Waals surface area (Å²) in [5, 5.41) is 18.4. The number of hydrogen-bond acceptors (Lipinski definition) is 8. The minimum Gasteiger partial charge on any atom is -0.382 e. The molecule has 0 bridgehead atoms. The molecule has 41 heavy (non-hydrogen) atoms. The van der Waals surface area contributed by atoms with Crippen LogP contribution in [0.2, 0.25) is 0 Å². The van der Waals surface area contributed by atoms with E-state index in [4.69, 9.17) is 5.14 Å². The second-order valence-electron chi connectivity index (χ2n) is 10.6. The first-order valence-corrected chi connectivity index (χ1v) is 15.3. The van der Waals surface area contributed by atoms with Crippen LogP contribution in [0.5, 0.6) is 0 Å². The number of pyridine rings is 1. The molecule has 11 heteroatoms. The molecule has 10 nitrogen and oxygen atoms in total. The van der Waals surface area contributed by atoms with Crippen molar-refractivity contribution in [1.82, 2.24) is 9.88 Å². The molecule has 0 aliphatic carbocycles. The number of hydrogen-bond donors (Lipinski definition) is 2. The number of carbonyl (C=O) groups excluding carboxylic acids is 1. The van der Waals surface area contributed by atoms with Crippen LogP contribution in [0, 0.1) is 25.2 Å². The highest BCUT2D eigenvalue weighted by molar-refractivity contribution is 7.89. The molecule has 5 rings (SSSR count). The molecule has 3 heterocycles. The Morgan fingerprint density at radius 3 is 2.29 bits per heavy atom. The fourth-order valence-corrected chi connectivity index (χ4v) is 6.47. The maximum Gasteiger partial charge on any atom is 0.257 e. The number of aryl methyl sites for hydroxylation is 1. The largest absolute Gasteiger partial charge is 0.382 e. The van der Waals surface area contributed by atoms with Crippen LogP contribution in [0.25, 0.3) is 0 Å². The minimum absolute atomic E-state index is 0.0361. The molecule has 2 fully saturated rings. The molecule has 2 aromatic carbocycles. The highest BCUT2D eigenvalue weighted by Gasteiger charge is 2.28. The Morgan fingerprint density at radius 2 is 1.61 bits per heavy atom. The molecule has 214 valence electrons. The summed E-state index contributed by atoms with van der Waals surface area (Å²) in [4.78, 5) is 23.6. The van der Waals surface area contributed by atoms with Crippen molar-refractivity contribution in [2.75, 3.05) is 54.4 Å². The van der Waals surface area contributed by atoms with E-state index in [0.29, 0.717) is 43.0 Å². The molecule has 3 aromatic rings. The average molecular weight is 574 g/mol. The van der Waals surface area contributed by atoms with Crippen molar-refractivity contribution in [2.45, 2.75) is 37.8 Å². The number of benzene rings is 2. The van der Waals surface area contributed by atoms with E-state index in [1.807, 2.05) is 53.1 Å². The zero-order valence-corrected chi connectivity index (χ0v) is 24.2. The molecule has 1 amide bonds. The zero-order valence-electron chi connectivity index (χ0n) is 23.4. The van der Waals surface area contributed by atoms with E-state index in [9.17, 15) is 18.5 Å². The molecular weight excluding hydrogens is 538 g/mol. The van der Waals surface area contributed by atoms with Crippen molar-refractivity contribution in [2.24, 2.45) is 5.14 Å². The van der Waals surface area contributed by atoms with Gasteiger partial charge < -0.3 is 20.0 Å². The van der Waals surface area contributed by atoms with Gasteiger partial charge in [0.2, 0.25) is 0 Å². The number of nitriles is 1. The molecule has 0 spiro atoms. The smallest absolute Gasteiger partial charge is 0.257 e. The predicted octanol–water partition coefficient (Wildman–Crippen LogP) is 3.26. The number of nitrogens with two attached hydrogens (primary N) is 1. The van der Waals surface area contributed by atoms with Crippen LogP contribution in [0.4, 0.5) is 17.1 Å². The van der Waals surface area contributed by atoms with Gasteiger partial charge in [-0.2, -0.15) is 5.26 Å². The van der Waals surface area contributed by atoms with Crippen molar-refractivity contribution < 1.29 is 13.2 Å². The van der Waals surface area contributed by atoms with Crippen molar-refractivity contribution in [3.8, 4) is 6.07 Å². The number of primary sulfonamides is 1. The lowest BCUT2D eigenvalue weighted by molar-refractivity contribution is 0.0746. The number of rotatable bonds is 6. The van der Waals surface area contributed by atoms with Gasteiger partial charge in [0.1, 0.15) is 6.07 Å². The third-order valence-electron chi connectivity index (χ3n) is 8.04. The number of nitrogens with one attached hydrogen (secondary N) is 1. The zero-order chi connectivity index (χ0) is 29.1. The summed E-state index contributed by atoms with van der Waals surface area (Å²) in [7, 11) is -3.96. The van der Waals surface area contributed by atoms with Gasteiger partial charge in [-0.3, -0.25) is 4.79 Å². The Morgan fingerprint density at radius 1 is 0.951 bits per heavy atom. The lowest BCUT2D eigenvalue weighted by Crippen LogP contribution is -2.49. The summed E-state index contributed by atoms with van der Waals surface area (Å²) in [6, 6.07) is 17.5. The minimum atomic E-state index is -3.96. The Kier molecular flexibility index (Phi) is 8.15. The predicted molar refractivity (Wildman–Crippen MR) is 160 cm³/mol. The normalized spacial score (nSPS) is 16.4. The fraction of sp³-hybridized carbons (Fsp3) is 0.367. The quantitative estimate of drug-likeness (QED) is 0.459. The molecule has 0 radical (unpaired) electrons. The van der Waals surface area contributed by atoms with Gasteiger partial charge in [0.15, 0.2) is 5.03 Å². The van der Waals surface area contributed by atoms with Crippen molar-refractivity contribution in [3.63, 3.8) is 0 Å². The van der Waals surface area contributed by atoms with Gasteiger partial charge in [-0.1, -0.05) is 18.2 Å². The average Bonchev–Trinajstić information content (AvgIpc) is 2.99. The second-order valence-corrected chi connectivity index (χ2v) is 12.1. The van der Waals surface area contributed by atoms with E-state index >= 15 is 0 Å². The maximum atomic E-state index is 13.6. The van der Waals surface area contributed by atoms with Gasteiger partial charge in [-0.05, 0) is 68.1 Å². The third-order valence-corrected chi connectivity index (χ3v) is 8.89. The lowest BCUT2D eigenvalue weighted by Gasteiger charge is -2.37. The summed E-state index contributed by atoms with van der Waals surface area (Å²) in [5.41, 5.74) is 5.83. The number of anilines is 3. The molecule has 2 aliphatic rings. The third kappa shape index (κ3) is 5.99. The van der Waals surface area contributed by atoms with E-state index < -0.39 is 10.0 Å². The summed E-state index contributed by atoms with van der Waals surface area (Å²) in [6.07, 6.45) is 3.26. The number of nitrogens with zero attached hydrogens (tertiary/aromatic N) is 5. The first kappa shape index (κ1) is 28.4. The highest BCUT2D eigenvalue weighted by Crippen LogP contribution is 2.30.